The number of fused-ring (bicyclic) bond motifs is 1. The molecule has 140 valence electrons. The predicted molar refractivity (Wildman–Crippen MR) is 114 cm³/mol. The van der Waals surface area contributed by atoms with Gasteiger partial charge in [-0.15, -0.1) is 11.8 Å². The number of para-hydroxylation sites is 2. The third-order valence-electron chi connectivity index (χ3n) is 5.75. The van der Waals surface area contributed by atoms with Crippen molar-refractivity contribution in [3.8, 4) is 0 Å². The zero-order valence-electron chi connectivity index (χ0n) is 16.0. The summed E-state index contributed by atoms with van der Waals surface area (Å²) < 4.78 is 6.05. The predicted octanol–water partition coefficient (Wildman–Crippen LogP) is 6.42. The van der Waals surface area contributed by atoms with E-state index in [1.54, 1.807) is 11.8 Å². The second kappa shape index (κ2) is 6.78. The van der Waals surface area contributed by atoms with Crippen molar-refractivity contribution in [1.29, 1.82) is 0 Å². The number of nitrogens with zero attached hydrogens (tertiary/aromatic N) is 2. The summed E-state index contributed by atoms with van der Waals surface area (Å²) in [5.41, 5.74) is 4.51. The molecular formula is C24H22N2OS. The van der Waals surface area contributed by atoms with Gasteiger partial charge < -0.3 is 4.42 Å². The normalized spacial score (nSPS) is 20.4. The molecule has 0 amide bonds. The Hall–Kier alpha value is -2.59. The van der Waals surface area contributed by atoms with Crippen LogP contribution in [0.15, 0.2) is 82.4 Å². The van der Waals surface area contributed by atoms with Gasteiger partial charge in [0.15, 0.2) is 11.5 Å². The minimum atomic E-state index is 0.126. The van der Waals surface area contributed by atoms with Crippen molar-refractivity contribution < 1.29 is 4.42 Å². The first-order valence-electron chi connectivity index (χ1n) is 9.61. The summed E-state index contributed by atoms with van der Waals surface area (Å²) in [6.45, 7) is 4.57. The number of oxazole rings is 1. The van der Waals surface area contributed by atoms with Crippen LogP contribution in [0.3, 0.4) is 0 Å². The Morgan fingerprint density at radius 3 is 2.46 bits per heavy atom. The molecule has 2 unspecified atom stereocenters. The van der Waals surface area contributed by atoms with Crippen molar-refractivity contribution in [1.82, 2.24) is 9.97 Å². The average molecular weight is 387 g/mol. The topological polar surface area (TPSA) is 38.9 Å². The summed E-state index contributed by atoms with van der Waals surface area (Å²) in [4.78, 5) is 9.44. The number of aromatic nitrogens is 2. The van der Waals surface area contributed by atoms with Crippen LogP contribution in [0.2, 0.25) is 0 Å². The number of benzene rings is 2. The van der Waals surface area contributed by atoms with E-state index >= 15 is 0 Å². The standard InChI is InChI=1S/C24H22N2OS/c1-24(2)21(22(24)23-26-18-10-6-7-11-19(18)27-23)17-12-13-20(25-14-17)28-15-16-8-4-3-5-9-16/h3-14,21-22H,15H2,1-2H3. The summed E-state index contributed by atoms with van der Waals surface area (Å²) in [6.07, 6.45) is 2.03. The highest BCUT2D eigenvalue weighted by molar-refractivity contribution is 7.98. The van der Waals surface area contributed by atoms with E-state index in [9.17, 15) is 0 Å². The van der Waals surface area contributed by atoms with E-state index in [-0.39, 0.29) is 5.41 Å². The molecule has 0 bridgehead atoms. The molecule has 1 fully saturated rings. The maximum atomic E-state index is 6.05. The average Bonchev–Trinajstić information content (AvgIpc) is 3.08. The number of hydrogen-bond donors (Lipinski definition) is 0. The molecule has 28 heavy (non-hydrogen) atoms. The molecule has 5 rings (SSSR count). The fraction of sp³-hybridized carbons (Fsp3) is 0.250. The quantitative estimate of drug-likeness (QED) is 0.371. The monoisotopic (exact) mass is 386 g/mol. The third kappa shape index (κ3) is 3.12. The van der Waals surface area contributed by atoms with Crippen LogP contribution in [0.1, 0.15) is 42.7 Å². The molecule has 2 heterocycles. The summed E-state index contributed by atoms with van der Waals surface area (Å²) >= 11 is 1.77. The van der Waals surface area contributed by atoms with Gasteiger partial charge >= 0.3 is 0 Å². The summed E-state index contributed by atoms with van der Waals surface area (Å²) in [6, 6.07) is 22.8. The van der Waals surface area contributed by atoms with Gasteiger partial charge in [0, 0.05) is 23.8 Å². The van der Waals surface area contributed by atoms with Gasteiger partial charge in [-0.1, -0.05) is 62.4 Å². The van der Waals surface area contributed by atoms with Crippen LogP contribution in [0.5, 0.6) is 0 Å². The lowest BCUT2D eigenvalue weighted by atomic mass is 10.1. The molecule has 0 radical (unpaired) electrons. The summed E-state index contributed by atoms with van der Waals surface area (Å²) in [5.74, 6) is 2.47. The Bertz CT molecular complexity index is 1070. The molecular weight excluding hydrogens is 364 g/mol. The molecule has 3 nitrogen and oxygen atoms in total. The Labute approximate surface area is 169 Å². The number of thioether (sulfide) groups is 1. The van der Waals surface area contributed by atoms with Gasteiger partial charge in [0.25, 0.3) is 0 Å². The van der Waals surface area contributed by atoms with Gasteiger partial charge in [-0.3, -0.25) is 0 Å². The Balaban J connectivity index is 1.33. The fourth-order valence-corrected chi connectivity index (χ4v) is 4.93. The molecule has 2 aromatic carbocycles. The van der Waals surface area contributed by atoms with Crippen LogP contribution in [0.4, 0.5) is 0 Å². The second-order valence-electron chi connectivity index (χ2n) is 8.00. The van der Waals surface area contributed by atoms with Crippen molar-refractivity contribution in [3.05, 3.63) is 89.9 Å². The van der Waals surface area contributed by atoms with E-state index in [1.807, 2.05) is 36.5 Å². The zero-order chi connectivity index (χ0) is 19.1. The minimum absolute atomic E-state index is 0.126. The fourth-order valence-electron chi connectivity index (χ4n) is 4.14. The lowest BCUT2D eigenvalue weighted by molar-refractivity contribution is 0.493. The Morgan fingerprint density at radius 2 is 1.71 bits per heavy atom. The van der Waals surface area contributed by atoms with Crippen LogP contribution in [0, 0.1) is 5.41 Å². The van der Waals surface area contributed by atoms with Crippen LogP contribution >= 0.6 is 11.8 Å². The highest BCUT2D eigenvalue weighted by atomic mass is 32.2. The van der Waals surface area contributed by atoms with E-state index in [2.05, 4.69) is 50.2 Å². The van der Waals surface area contributed by atoms with Crippen molar-refractivity contribution in [3.63, 3.8) is 0 Å². The highest BCUT2D eigenvalue weighted by Gasteiger charge is 2.61. The summed E-state index contributed by atoms with van der Waals surface area (Å²) in [5, 5.41) is 1.06. The number of pyridine rings is 1. The number of rotatable bonds is 5. The Morgan fingerprint density at radius 1 is 0.929 bits per heavy atom. The molecule has 2 atom stereocenters. The molecule has 1 aliphatic rings. The van der Waals surface area contributed by atoms with E-state index in [0.717, 1.165) is 27.8 Å². The van der Waals surface area contributed by atoms with Crippen molar-refractivity contribution in [2.45, 2.75) is 36.5 Å². The molecule has 0 N–H and O–H groups in total. The molecule has 4 heteroatoms. The van der Waals surface area contributed by atoms with Gasteiger partial charge in [0.1, 0.15) is 5.52 Å². The van der Waals surface area contributed by atoms with Gasteiger partial charge in [-0.05, 0) is 34.7 Å². The first-order valence-corrected chi connectivity index (χ1v) is 10.6. The lowest BCUT2D eigenvalue weighted by Gasteiger charge is -2.05. The molecule has 0 saturated heterocycles. The van der Waals surface area contributed by atoms with Gasteiger partial charge in [0.05, 0.1) is 5.03 Å². The maximum Gasteiger partial charge on any atom is 0.199 e. The molecule has 4 aromatic rings. The van der Waals surface area contributed by atoms with Crippen molar-refractivity contribution in [2.24, 2.45) is 5.41 Å². The maximum absolute atomic E-state index is 6.05. The van der Waals surface area contributed by atoms with Crippen molar-refractivity contribution >= 4 is 22.9 Å². The van der Waals surface area contributed by atoms with Gasteiger partial charge in [-0.25, -0.2) is 9.97 Å². The van der Waals surface area contributed by atoms with E-state index in [4.69, 9.17) is 14.4 Å². The SMILES string of the molecule is CC1(C)C(c2ccc(SCc3ccccc3)nc2)C1c1nc2ccccc2o1. The van der Waals surface area contributed by atoms with E-state index in [0.29, 0.717) is 11.8 Å². The highest BCUT2D eigenvalue weighted by Crippen LogP contribution is 2.69. The lowest BCUT2D eigenvalue weighted by Crippen LogP contribution is -1.91. The first-order chi connectivity index (χ1) is 13.6. The molecule has 0 aliphatic heterocycles. The van der Waals surface area contributed by atoms with Crippen LogP contribution in [-0.2, 0) is 5.75 Å². The van der Waals surface area contributed by atoms with Crippen LogP contribution in [0.25, 0.3) is 11.1 Å². The third-order valence-corrected chi connectivity index (χ3v) is 6.77. The van der Waals surface area contributed by atoms with Crippen LogP contribution in [-0.4, -0.2) is 9.97 Å². The molecule has 1 aliphatic carbocycles. The van der Waals surface area contributed by atoms with E-state index < -0.39 is 0 Å². The minimum Gasteiger partial charge on any atom is -0.440 e. The smallest absolute Gasteiger partial charge is 0.199 e. The van der Waals surface area contributed by atoms with Crippen LogP contribution < -0.4 is 0 Å². The molecule has 2 aromatic heterocycles. The summed E-state index contributed by atoms with van der Waals surface area (Å²) in [7, 11) is 0. The molecule has 1 saturated carbocycles. The van der Waals surface area contributed by atoms with Crippen molar-refractivity contribution in [2.75, 3.05) is 0 Å². The molecule has 0 spiro atoms. The zero-order valence-corrected chi connectivity index (χ0v) is 16.8. The Kier molecular flexibility index (Phi) is 4.24. The second-order valence-corrected chi connectivity index (χ2v) is 9.00. The van der Waals surface area contributed by atoms with Gasteiger partial charge in [-0.2, -0.15) is 0 Å². The largest absolute Gasteiger partial charge is 0.440 e. The van der Waals surface area contributed by atoms with E-state index in [1.165, 1.54) is 11.1 Å². The van der Waals surface area contributed by atoms with Gasteiger partial charge in [0.2, 0.25) is 0 Å². The number of hydrogen-bond acceptors (Lipinski definition) is 4. The first kappa shape index (κ1) is 17.5.